The van der Waals surface area contributed by atoms with Crippen molar-refractivity contribution in [3.63, 3.8) is 0 Å². The van der Waals surface area contributed by atoms with Gasteiger partial charge in [0.05, 0.1) is 22.9 Å². The predicted molar refractivity (Wildman–Crippen MR) is 77.3 cm³/mol. The van der Waals surface area contributed by atoms with E-state index in [1.807, 2.05) is 39.0 Å². The van der Waals surface area contributed by atoms with Gasteiger partial charge in [0.2, 0.25) is 0 Å². The molecule has 2 atom stereocenters. The Kier molecular flexibility index (Phi) is 4.50. The number of hydrogen-bond acceptors (Lipinski definition) is 5. The largest absolute Gasteiger partial charge is 0.465 e. The van der Waals surface area contributed by atoms with Crippen LogP contribution in [-0.2, 0) is 9.53 Å². The Bertz CT molecular complexity index is 534. The number of nitrogens with zero attached hydrogens (tertiary/aromatic N) is 1. The van der Waals surface area contributed by atoms with E-state index in [9.17, 15) is 4.79 Å². The van der Waals surface area contributed by atoms with Crippen LogP contribution in [-0.4, -0.2) is 23.6 Å². The van der Waals surface area contributed by atoms with Gasteiger partial charge in [0.25, 0.3) is 0 Å². The summed E-state index contributed by atoms with van der Waals surface area (Å²) >= 11 is 1.65. The van der Waals surface area contributed by atoms with Gasteiger partial charge in [-0.1, -0.05) is 12.1 Å². The lowest BCUT2D eigenvalue weighted by Crippen LogP contribution is -2.37. The van der Waals surface area contributed by atoms with E-state index < -0.39 is 0 Å². The molecule has 2 aromatic rings. The smallest absolute Gasteiger partial charge is 0.322 e. The molecule has 19 heavy (non-hydrogen) atoms. The van der Waals surface area contributed by atoms with E-state index in [0.717, 1.165) is 15.2 Å². The first-order valence-corrected chi connectivity index (χ1v) is 7.21. The van der Waals surface area contributed by atoms with Crippen LogP contribution in [0.25, 0.3) is 10.2 Å². The average molecular weight is 278 g/mol. The van der Waals surface area contributed by atoms with Gasteiger partial charge in [-0.25, -0.2) is 4.98 Å². The minimum atomic E-state index is -0.332. The second kappa shape index (κ2) is 6.12. The summed E-state index contributed by atoms with van der Waals surface area (Å²) in [7, 11) is 0. The van der Waals surface area contributed by atoms with Crippen LogP contribution < -0.4 is 5.32 Å². The number of nitrogens with one attached hydrogen (secondary N) is 1. The van der Waals surface area contributed by atoms with Crippen molar-refractivity contribution < 1.29 is 9.53 Å². The zero-order chi connectivity index (χ0) is 13.8. The minimum Gasteiger partial charge on any atom is -0.465 e. The maximum absolute atomic E-state index is 11.6. The number of carbonyl (C=O) groups excluding carboxylic acids is 1. The molecule has 0 saturated carbocycles. The third-order valence-electron chi connectivity index (χ3n) is 2.82. The van der Waals surface area contributed by atoms with E-state index >= 15 is 0 Å². The Labute approximate surface area is 116 Å². The first kappa shape index (κ1) is 14.0. The summed E-state index contributed by atoms with van der Waals surface area (Å²) in [6.45, 7) is 6.03. The lowest BCUT2D eigenvalue weighted by Gasteiger charge is -2.16. The number of hydrogen-bond donors (Lipinski definition) is 1. The quantitative estimate of drug-likeness (QED) is 0.854. The predicted octanol–water partition coefficient (Wildman–Crippen LogP) is 2.90. The van der Waals surface area contributed by atoms with Crippen molar-refractivity contribution in [2.24, 2.45) is 0 Å². The van der Waals surface area contributed by atoms with Crippen molar-refractivity contribution in [1.29, 1.82) is 0 Å². The fraction of sp³-hybridized carbons (Fsp3) is 0.429. The first-order valence-electron chi connectivity index (χ1n) is 6.40. The lowest BCUT2D eigenvalue weighted by molar-refractivity contribution is -0.145. The van der Waals surface area contributed by atoms with Gasteiger partial charge in [-0.2, -0.15) is 0 Å². The Morgan fingerprint density at radius 2 is 2.16 bits per heavy atom. The third-order valence-corrected chi connectivity index (χ3v) is 4.04. The summed E-state index contributed by atoms with van der Waals surface area (Å²) in [4.78, 5) is 16.2. The number of fused-ring (bicyclic) bond motifs is 1. The van der Waals surface area contributed by atoms with E-state index in [-0.39, 0.29) is 18.1 Å². The van der Waals surface area contributed by atoms with Crippen molar-refractivity contribution in [2.45, 2.75) is 32.9 Å². The molecule has 1 aromatic heterocycles. The van der Waals surface area contributed by atoms with E-state index in [1.165, 1.54) is 0 Å². The van der Waals surface area contributed by atoms with Gasteiger partial charge in [0.15, 0.2) is 0 Å². The maximum atomic E-state index is 11.6. The molecule has 0 aliphatic heterocycles. The molecule has 5 heteroatoms. The zero-order valence-electron chi connectivity index (χ0n) is 11.3. The van der Waals surface area contributed by atoms with Gasteiger partial charge in [-0.3, -0.25) is 10.1 Å². The van der Waals surface area contributed by atoms with Crippen LogP contribution >= 0.6 is 11.3 Å². The number of benzene rings is 1. The van der Waals surface area contributed by atoms with Gasteiger partial charge >= 0.3 is 5.97 Å². The molecular weight excluding hydrogens is 260 g/mol. The second-order valence-electron chi connectivity index (χ2n) is 4.38. The van der Waals surface area contributed by atoms with Crippen LogP contribution in [0.15, 0.2) is 24.3 Å². The molecule has 0 radical (unpaired) electrons. The fourth-order valence-corrected chi connectivity index (χ4v) is 2.84. The highest BCUT2D eigenvalue weighted by molar-refractivity contribution is 7.18. The van der Waals surface area contributed by atoms with Gasteiger partial charge in [-0.05, 0) is 32.9 Å². The molecule has 1 heterocycles. The summed E-state index contributed by atoms with van der Waals surface area (Å²) in [6.07, 6.45) is 0. The summed E-state index contributed by atoms with van der Waals surface area (Å²) in [5.74, 6) is -0.226. The summed E-state index contributed by atoms with van der Waals surface area (Å²) < 4.78 is 6.14. The number of carbonyl (C=O) groups is 1. The Morgan fingerprint density at radius 3 is 2.84 bits per heavy atom. The number of thiazole rings is 1. The molecule has 1 aromatic carbocycles. The number of para-hydroxylation sites is 1. The van der Waals surface area contributed by atoms with E-state index in [2.05, 4.69) is 16.4 Å². The second-order valence-corrected chi connectivity index (χ2v) is 5.44. The Morgan fingerprint density at radius 1 is 1.42 bits per heavy atom. The highest BCUT2D eigenvalue weighted by atomic mass is 32.1. The molecule has 102 valence electrons. The van der Waals surface area contributed by atoms with Crippen molar-refractivity contribution in [1.82, 2.24) is 10.3 Å². The van der Waals surface area contributed by atoms with Crippen LogP contribution in [0.4, 0.5) is 0 Å². The number of ether oxygens (including phenoxy) is 1. The average Bonchev–Trinajstić information content (AvgIpc) is 2.82. The topological polar surface area (TPSA) is 51.2 Å². The van der Waals surface area contributed by atoms with Crippen molar-refractivity contribution >= 4 is 27.5 Å². The highest BCUT2D eigenvalue weighted by Gasteiger charge is 2.19. The maximum Gasteiger partial charge on any atom is 0.322 e. The Hall–Kier alpha value is -1.46. The molecule has 2 unspecified atom stereocenters. The van der Waals surface area contributed by atoms with Crippen LogP contribution in [0.2, 0.25) is 0 Å². The van der Waals surface area contributed by atoms with Crippen LogP contribution in [0.1, 0.15) is 31.8 Å². The van der Waals surface area contributed by atoms with Crippen molar-refractivity contribution in [2.75, 3.05) is 6.61 Å². The van der Waals surface area contributed by atoms with Crippen LogP contribution in [0.5, 0.6) is 0 Å². The molecular formula is C14H18N2O2S. The van der Waals surface area contributed by atoms with Crippen molar-refractivity contribution in [3.05, 3.63) is 29.3 Å². The zero-order valence-corrected chi connectivity index (χ0v) is 12.2. The van der Waals surface area contributed by atoms with Gasteiger partial charge in [0.1, 0.15) is 11.0 Å². The van der Waals surface area contributed by atoms with E-state index in [0.29, 0.717) is 6.61 Å². The molecule has 0 saturated heterocycles. The normalized spacial score (nSPS) is 14.3. The van der Waals surface area contributed by atoms with Crippen LogP contribution in [0, 0.1) is 0 Å². The molecule has 0 fully saturated rings. The van der Waals surface area contributed by atoms with Crippen molar-refractivity contribution in [3.8, 4) is 0 Å². The molecule has 0 aliphatic rings. The molecule has 0 aliphatic carbocycles. The van der Waals surface area contributed by atoms with Gasteiger partial charge in [0, 0.05) is 0 Å². The molecule has 2 rings (SSSR count). The summed E-state index contributed by atoms with van der Waals surface area (Å²) in [6, 6.07) is 7.72. The fourth-order valence-electron chi connectivity index (χ4n) is 1.86. The monoisotopic (exact) mass is 278 g/mol. The number of esters is 1. The summed E-state index contributed by atoms with van der Waals surface area (Å²) in [5, 5.41) is 4.20. The third kappa shape index (κ3) is 3.30. The number of rotatable bonds is 5. The Balaban J connectivity index is 2.07. The SMILES string of the molecule is CCOC(=O)C(C)NC(C)c1nc2ccccc2s1. The highest BCUT2D eigenvalue weighted by Crippen LogP contribution is 2.26. The molecule has 4 nitrogen and oxygen atoms in total. The standard InChI is InChI=1S/C14H18N2O2S/c1-4-18-14(17)10(3)15-9(2)13-16-11-7-5-6-8-12(11)19-13/h5-10,15H,4H2,1-3H3. The first-order chi connectivity index (χ1) is 9.11. The molecule has 0 spiro atoms. The molecule has 0 bridgehead atoms. The molecule has 1 N–H and O–H groups in total. The minimum absolute atomic E-state index is 0.0248. The summed E-state index contributed by atoms with van der Waals surface area (Å²) in [5.41, 5.74) is 1.000. The van der Waals surface area contributed by atoms with E-state index in [1.54, 1.807) is 11.3 Å². The van der Waals surface area contributed by atoms with Crippen LogP contribution in [0.3, 0.4) is 0 Å². The van der Waals surface area contributed by atoms with Gasteiger partial charge in [-0.15, -0.1) is 11.3 Å². The van der Waals surface area contributed by atoms with Gasteiger partial charge < -0.3 is 4.74 Å². The van der Waals surface area contributed by atoms with E-state index in [4.69, 9.17) is 4.74 Å². The molecule has 0 amide bonds. The number of aromatic nitrogens is 1. The lowest BCUT2D eigenvalue weighted by atomic mass is 10.2.